The third kappa shape index (κ3) is 2.98. The van der Waals surface area contributed by atoms with Gasteiger partial charge in [-0.3, -0.25) is 0 Å². The molecule has 0 saturated carbocycles. The van der Waals surface area contributed by atoms with Crippen LogP contribution in [0.5, 0.6) is 5.75 Å². The number of rotatable bonds is 5. The average Bonchev–Trinajstić information content (AvgIpc) is 3.01. The zero-order valence-electron chi connectivity index (χ0n) is 12.3. The molecule has 1 nitrogen and oxygen atoms in total. The molecule has 1 aliphatic heterocycles. The van der Waals surface area contributed by atoms with Crippen LogP contribution in [0, 0.1) is 0 Å². The van der Waals surface area contributed by atoms with Crippen molar-refractivity contribution in [1.82, 2.24) is 0 Å². The molecule has 0 atom stereocenters. The summed E-state index contributed by atoms with van der Waals surface area (Å²) in [6.07, 6.45) is 5.25. The van der Waals surface area contributed by atoms with E-state index >= 15 is 0 Å². The van der Waals surface area contributed by atoms with Gasteiger partial charge in [0.05, 0.1) is 0 Å². The molecule has 0 aromatic heterocycles. The van der Waals surface area contributed by atoms with Gasteiger partial charge in [0.2, 0.25) is 0 Å². The molecule has 0 bridgehead atoms. The second-order valence-electron chi connectivity index (χ2n) is 5.52. The zero-order chi connectivity index (χ0) is 13.8. The number of unbranched alkanes of at least 4 members (excludes halogenated alkanes) is 1. The Balaban J connectivity index is 1.96. The summed E-state index contributed by atoms with van der Waals surface area (Å²) in [6.45, 7) is 3.04. The monoisotopic (exact) mass is 376 g/mol. The van der Waals surface area contributed by atoms with Crippen LogP contribution in [-0.4, -0.2) is 26.8 Å². The Morgan fingerprint density at radius 2 is 1.75 bits per heavy atom. The first-order chi connectivity index (χ1) is 9.90. The quantitative estimate of drug-likeness (QED) is 0.550. The van der Waals surface area contributed by atoms with E-state index in [0.717, 1.165) is 18.8 Å². The predicted octanol–water partition coefficient (Wildman–Crippen LogP) is 4.51. The Labute approximate surface area is 129 Å². The van der Waals surface area contributed by atoms with E-state index in [1.54, 1.807) is 3.51 Å². The summed E-state index contributed by atoms with van der Waals surface area (Å²) in [5.74, 6) is 1.08. The predicted molar refractivity (Wildman–Crippen MR) is 88.6 cm³/mol. The van der Waals surface area contributed by atoms with E-state index in [-0.39, 0.29) is 0 Å². The number of hydrogen-bond donors (Lipinski definition) is 0. The van der Waals surface area contributed by atoms with Gasteiger partial charge in [0, 0.05) is 0 Å². The van der Waals surface area contributed by atoms with Gasteiger partial charge in [-0.05, 0) is 0 Å². The first-order valence-corrected chi connectivity index (χ1v) is 12.7. The summed E-state index contributed by atoms with van der Waals surface area (Å²) in [4.78, 5) is 0. The Morgan fingerprint density at radius 3 is 2.50 bits per heavy atom. The van der Waals surface area contributed by atoms with Gasteiger partial charge in [-0.25, -0.2) is 0 Å². The van der Waals surface area contributed by atoms with E-state index in [0.29, 0.717) is 0 Å². The molecule has 0 radical (unpaired) electrons. The van der Waals surface area contributed by atoms with Crippen molar-refractivity contribution in [1.29, 1.82) is 0 Å². The zero-order valence-corrected chi connectivity index (χ0v) is 14.8. The summed E-state index contributed by atoms with van der Waals surface area (Å²) in [6, 6.07) is 13.5. The van der Waals surface area contributed by atoms with E-state index in [1.807, 2.05) is 0 Å². The van der Waals surface area contributed by atoms with E-state index in [9.17, 15) is 0 Å². The Hall–Kier alpha value is -0.682. The van der Waals surface area contributed by atoms with Crippen molar-refractivity contribution < 1.29 is 4.74 Å². The molecule has 1 aliphatic rings. The number of fused-ring (bicyclic) bond motifs is 1. The maximum atomic E-state index is 6.00. The van der Waals surface area contributed by atoms with Crippen LogP contribution in [0.1, 0.15) is 32.6 Å². The van der Waals surface area contributed by atoms with E-state index in [4.69, 9.17) is 4.74 Å². The molecule has 1 saturated heterocycles. The van der Waals surface area contributed by atoms with Crippen LogP contribution in [-0.2, 0) is 0 Å². The number of benzene rings is 2. The van der Waals surface area contributed by atoms with Gasteiger partial charge < -0.3 is 0 Å². The molecule has 20 heavy (non-hydrogen) atoms. The molecular weight excluding hydrogens is 354 g/mol. The second-order valence-corrected chi connectivity index (χ2v) is 12.5. The van der Waals surface area contributed by atoms with Crippen molar-refractivity contribution >= 4 is 34.5 Å². The molecule has 2 aromatic rings. The van der Waals surface area contributed by atoms with Gasteiger partial charge in [0.25, 0.3) is 0 Å². The van der Waals surface area contributed by atoms with Crippen LogP contribution in [0.3, 0.4) is 0 Å². The third-order valence-electron chi connectivity index (χ3n) is 4.06. The van der Waals surface area contributed by atoms with E-state index < -0.39 is 20.2 Å². The van der Waals surface area contributed by atoms with Crippen LogP contribution in [0.4, 0.5) is 0 Å². The van der Waals surface area contributed by atoms with Gasteiger partial charge in [-0.1, -0.05) is 0 Å². The molecule has 0 N–H and O–H groups in total. The molecule has 0 aliphatic carbocycles. The van der Waals surface area contributed by atoms with Gasteiger partial charge >= 0.3 is 129 Å². The van der Waals surface area contributed by atoms with Crippen LogP contribution in [0.25, 0.3) is 10.8 Å². The van der Waals surface area contributed by atoms with Crippen molar-refractivity contribution in [3.05, 3.63) is 36.4 Å². The summed E-state index contributed by atoms with van der Waals surface area (Å²) in [7, 11) is 0. The van der Waals surface area contributed by atoms with Crippen molar-refractivity contribution in [3.63, 3.8) is 0 Å². The molecule has 3 rings (SSSR count). The van der Waals surface area contributed by atoms with Crippen molar-refractivity contribution in [2.45, 2.75) is 41.3 Å². The minimum absolute atomic E-state index is 0.838. The summed E-state index contributed by atoms with van der Waals surface area (Å²) < 4.78 is 10.8. The maximum absolute atomic E-state index is 6.00. The number of hydrogen-bond acceptors (Lipinski definition) is 1. The fourth-order valence-electron chi connectivity index (χ4n) is 2.94. The normalized spacial score (nSPS) is 15.8. The fourth-order valence-corrected chi connectivity index (χ4v) is 10.8. The second kappa shape index (κ2) is 6.85. The Bertz CT molecular complexity index is 573. The first-order valence-electron chi connectivity index (χ1n) is 7.79. The van der Waals surface area contributed by atoms with Crippen LogP contribution in [0.2, 0.25) is 8.73 Å². The third-order valence-corrected chi connectivity index (χ3v) is 12.0. The topological polar surface area (TPSA) is 9.23 Å². The van der Waals surface area contributed by atoms with Gasteiger partial charge in [0.1, 0.15) is 0 Å². The molecule has 106 valence electrons. The summed E-state index contributed by atoms with van der Waals surface area (Å²) >= 11 is -1.16. The van der Waals surface area contributed by atoms with Crippen LogP contribution in [0.15, 0.2) is 36.4 Å². The van der Waals surface area contributed by atoms with Crippen molar-refractivity contribution in [3.8, 4) is 5.75 Å². The standard InChI is InChI=1S/C14H15O.C4H8.Sb/c1-2-3-11-15-14-10-6-8-12-7-4-5-9-13(12)14;1-3-4-2;/h4-7,9-10H,2-3,11H2,1H3;1-4H2;. The minimum atomic E-state index is -1.16. The molecule has 0 spiro atoms. The molecule has 0 amide bonds. The molecule has 2 heteroatoms. The average molecular weight is 377 g/mol. The summed E-state index contributed by atoms with van der Waals surface area (Å²) in [5.41, 5.74) is 0. The van der Waals surface area contributed by atoms with E-state index in [2.05, 4.69) is 43.3 Å². The molecule has 1 heterocycles. The Kier molecular flexibility index (Phi) is 4.89. The fraction of sp³-hybridized carbons (Fsp3) is 0.444. The number of ether oxygens (including phenoxy) is 1. The van der Waals surface area contributed by atoms with Crippen LogP contribution < -0.4 is 8.25 Å². The summed E-state index contributed by atoms with van der Waals surface area (Å²) in [5, 5.41) is 2.81. The first kappa shape index (κ1) is 14.3. The van der Waals surface area contributed by atoms with Crippen LogP contribution >= 0.6 is 0 Å². The molecular formula is C18H23OSb. The van der Waals surface area contributed by atoms with Gasteiger partial charge in [-0.2, -0.15) is 0 Å². The van der Waals surface area contributed by atoms with E-state index in [1.165, 1.54) is 38.8 Å². The molecule has 0 unspecified atom stereocenters. The Morgan fingerprint density at radius 1 is 1.00 bits per heavy atom. The van der Waals surface area contributed by atoms with Crippen molar-refractivity contribution in [2.75, 3.05) is 6.61 Å². The molecule has 2 aromatic carbocycles. The van der Waals surface area contributed by atoms with Gasteiger partial charge in [0.15, 0.2) is 0 Å². The van der Waals surface area contributed by atoms with Gasteiger partial charge in [-0.15, -0.1) is 0 Å². The molecule has 1 fully saturated rings. The SMILES string of the molecule is CCCCOc1cc[c]([Sb]2[CH2]CC[CH2]2)c2ccccc12. The van der Waals surface area contributed by atoms with Crippen molar-refractivity contribution in [2.24, 2.45) is 0 Å².